The number of carboxylic acid groups (broad SMARTS) is 1. The Bertz CT molecular complexity index is 1290. The zero-order chi connectivity index (χ0) is 23.9. The first-order valence-electron chi connectivity index (χ1n) is 11.4. The van der Waals surface area contributed by atoms with Crippen LogP contribution in [0, 0.1) is 0 Å². The number of pyridine rings is 1. The van der Waals surface area contributed by atoms with Gasteiger partial charge < -0.3 is 15.8 Å². The molecule has 0 aliphatic rings. The average molecular weight is 481 g/mol. The molecule has 1 heterocycles. The summed E-state index contributed by atoms with van der Waals surface area (Å²) in [6, 6.07) is 25.9. The van der Waals surface area contributed by atoms with Gasteiger partial charge in [-0.3, -0.25) is 9.69 Å². The Hall–Kier alpha value is -2.90. The Morgan fingerprint density at radius 1 is 0.971 bits per heavy atom. The molecular formula is C28H29N2NaO4. The number of rotatable bonds is 10. The Morgan fingerprint density at radius 2 is 1.57 bits per heavy atom. The topological polar surface area (TPSA) is 71.8 Å². The van der Waals surface area contributed by atoms with Gasteiger partial charge in [-0.2, -0.15) is 0 Å². The van der Waals surface area contributed by atoms with Gasteiger partial charge in [-0.1, -0.05) is 60.7 Å². The van der Waals surface area contributed by atoms with Gasteiger partial charge in [0.15, 0.2) is 0 Å². The Kier molecular flexibility index (Phi) is 9.69. The van der Waals surface area contributed by atoms with Crippen molar-refractivity contribution >= 4 is 16.9 Å². The minimum Gasteiger partial charge on any atom is -1.00 e. The van der Waals surface area contributed by atoms with E-state index >= 15 is 0 Å². The summed E-state index contributed by atoms with van der Waals surface area (Å²) < 4.78 is 7.78. The number of aromatic carboxylic acids is 1. The molecule has 35 heavy (non-hydrogen) atoms. The summed E-state index contributed by atoms with van der Waals surface area (Å²) in [7, 11) is 0. The van der Waals surface area contributed by atoms with Gasteiger partial charge in [-0.15, -0.1) is 0 Å². The van der Waals surface area contributed by atoms with Crippen LogP contribution >= 0.6 is 0 Å². The number of ether oxygens (including phenoxy) is 1. The molecule has 7 heteroatoms. The zero-order valence-electron chi connectivity index (χ0n) is 21.2. The van der Waals surface area contributed by atoms with Crippen LogP contribution in [0.4, 0.5) is 0 Å². The fourth-order valence-corrected chi connectivity index (χ4v) is 4.07. The summed E-state index contributed by atoms with van der Waals surface area (Å²) in [5.41, 5.74) is 2.42. The molecule has 0 saturated heterocycles. The van der Waals surface area contributed by atoms with E-state index in [2.05, 4.69) is 29.2 Å². The van der Waals surface area contributed by atoms with Crippen molar-refractivity contribution in [2.45, 2.75) is 26.6 Å². The predicted molar refractivity (Wildman–Crippen MR) is 134 cm³/mol. The minimum absolute atomic E-state index is 0. The van der Waals surface area contributed by atoms with Crippen LogP contribution in [0.25, 0.3) is 10.9 Å². The molecular weight excluding hydrogens is 451 g/mol. The van der Waals surface area contributed by atoms with Crippen molar-refractivity contribution < 1.29 is 45.6 Å². The molecule has 0 saturated carbocycles. The number of fused-ring (bicyclic) bond motifs is 1. The maximum Gasteiger partial charge on any atom is 1.00 e. The first-order chi connectivity index (χ1) is 16.5. The number of nitrogens with zero attached hydrogens (tertiary/aromatic N) is 2. The molecule has 0 radical (unpaired) electrons. The number of aromatic nitrogens is 1. The summed E-state index contributed by atoms with van der Waals surface area (Å²) in [4.78, 5) is 26.6. The average Bonchev–Trinajstić information content (AvgIpc) is 2.85. The number of benzene rings is 3. The summed E-state index contributed by atoms with van der Waals surface area (Å²) in [6.07, 6.45) is 1.40. The van der Waals surface area contributed by atoms with Crippen molar-refractivity contribution in [1.82, 2.24) is 9.47 Å². The van der Waals surface area contributed by atoms with Gasteiger partial charge in [0, 0.05) is 32.4 Å². The second-order valence-electron chi connectivity index (χ2n) is 8.17. The standard InChI is InChI=1S/C28H28N2O4.Na.H/c1-2-30-20-25(28(32)33)27(31)24-17-23(13-14-26(24)30)34-16-15-29(18-21-9-5-3-6-10-21)19-22-11-7-4-8-12-22;;/h3-14,17,20H,2,15-16,18-19H2,1H3,(H,32,33);;/q;+1;-1. The van der Waals surface area contributed by atoms with Crippen LogP contribution in [0.2, 0.25) is 0 Å². The van der Waals surface area contributed by atoms with Crippen LogP contribution in [0.15, 0.2) is 89.9 Å². The van der Waals surface area contributed by atoms with Crippen molar-refractivity contribution in [2.24, 2.45) is 0 Å². The van der Waals surface area contributed by atoms with E-state index in [1.165, 1.54) is 17.3 Å². The molecule has 0 aliphatic heterocycles. The first kappa shape index (κ1) is 26.7. The molecule has 4 aromatic rings. The largest absolute Gasteiger partial charge is 1.00 e. The van der Waals surface area contributed by atoms with Crippen LogP contribution in [0.3, 0.4) is 0 Å². The molecule has 0 amide bonds. The maximum absolute atomic E-state index is 12.7. The second-order valence-corrected chi connectivity index (χ2v) is 8.17. The number of hydrogen-bond acceptors (Lipinski definition) is 4. The minimum atomic E-state index is -1.22. The third kappa shape index (κ3) is 6.83. The zero-order valence-corrected chi connectivity index (χ0v) is 22.2. The van der Waals surface area contributed by atoms with Crippen LogP contribution < -0.4 is 39.7 Å². The van der Waals surface area contributed by atoms with Gasteiger partial charge in [0.05, 0.1) is 10.9 Å². The van der Waals surface area contributed by atoms with Crippen LogP contribution in [0.5, 0.6) is 5.75 Å². The molecule has 1 N–H and O–H groups in total. The maximum atomic E-state index is 12.7. The summed E-state index contributed by atoms with van der Waals surface area (Å²) in [5, 5.41) is 9.76. The number of aryl methyl sites for hydroxylation is 1. The van der Waals surface area contributed by atoms with Gasteiger partial charge in [-0.05, 0) is 36.2 Å². The number of hydrogen-bond donors (Lipinski definition) is 1. The SMILES string of the molecule is CCn1cc(C(=O)O)c(=O)c2cc(OCCN(Cc3ccccc3)Cc3ccccc3)ccc21.[H-].[Na+]. The smallest absolute Gasteiger partial charge is 1.00 e. The third-order valence-corrected chi connectivity index (χ3v) is 5.80. The molecule has 0 fully saturated rings. The van der Waals surface area contributed by atoms with Crippen molar-refractivity contribution in [3.8, 4) is 5.75 Å². The first-order valence-corrected chi connectivity index (χ1v) is 11.4. The monoisotopic (exact) mass is 480 g/mol. The quantitative estimate of drug-likeness (QED) is 0.351. The fraction of sp³-hybridized carbons (Fsp3) is 0.214. The molecule has 3 aromatic carbocycles. The van der Waals surface area contributed by atoms with E-state index in [0.29, 0.717) is 36.3 Å². The summed E-state index contributed by atoms with van der Waals surface area (Å²) >= 11 is 0. The van der Waals surface area contributed by atoms with Gasteiger partial charge >= 0.3 is 35.5 Å². The Labute approximate surface area is 228 Å². The Morgan fingerprint density at radius 3 is 2.11 bits per heavy atom. The molecule has 0 aliphatic carbocycles. The molecule has 0 spiro atoms. The molecule has 1 aromatic heterocycles. The molecule has 0 atom stereocenters. The van der Waals surface area contributed by atoms with E-state index in [0.717, 1.165) is 13.1 Å². The van der Waals surface area contributed by atoms with Crippen molar-refractivity contribution in [3.63, 3.8) is 0 Å². The van der Waals surface area contributed by atoms with E-state index in [9.17, 15) is 14.7 Å². The van der Waals surface area contributed by atoms with Crippen molar-refractivity contribution in [1.29, 1.82) is 0 Å². The molecule has 4 rings (SSSR count). The van der Waals surface area contributed by atoms with Crippen LogP contribution in [0.1, 0.15) is 29.8 Å². The third-order valence-electron chi connectivity index (χ3n) is 5.80. The van der Waals surface area contributed by atoms with Gasteiger partial charge in [0.25, 0.3) is 0 Å². The molecule has 0 bridgehead atoms. The number of carbonyl (C=O) groups is 1. The predicted octanol–water partition coefficient (Wildman–Crippen LogP) is 1.92. The van der Waals surface area contributed by atoms with Crippen molar-refractivity contribution in [2.75, 3.05) is 13.2 Å². The van der Waals surface area contributed by atoms with E-state index in [1.807, 2.05) is 55.5 Å². The van der Waals surface area contributed by atoms with E-state index in [1.54, 1.807) is 10.6 Å². The molecule has 176 valence electrons. The van der Waals surface area contributed by atoms with E-state index < -0.39 is 11.4 Å². The van der Waals surface area contributed by atoms with Crippen LogP contribution in [-0.2, 0) is 19.6 Å². The molecule has 6 nitrogen and oxygen atoms in total. The van der Waals surface area contributed by atoms with Gasteiger partial charge in [0.1, 0.15) is 17.9 Å². The summed E-state index contributed by atoms with van der Waals surface area (Å²) in [6.45, 7) is 5.18. The summed E-state index contributed by atoms with van der Waals surface area (Å²) in [5.74, 6) is -0.674. The Balaban J connectivity index is 0.00000228. The van der Waals surface area contributed by atoms with Crippen molar-refractivity contribution in [3.05, 3.63) is 112 Å². The normalized spacial score (nSPS) is 10.8. The van der Waals surface area contributed by atoms with Gasteiger partial charge in [0.2, 0.25) is 5.43 Å². The fourth-order valence-electron chi connectivity index (χ4n) is 4.07. The van der Waals surface area contributed by atoms with Gasteiger partial charge in [-0.25, -0.2) is 4.79 Å². The number of carboxylic acids is 1. The second kappa shape index (κ2) is 12.7. The van der Waals surface area contributed by atoms with Crippen LogP contribution in [-0.4, -0.2) is 33.7 Å². The molecule has 0 unspecified atom stereocenters. The van der Waals surface area contributed by atoms with E-state index in [4.69, 9.17) is 4.74 Å². The van der Waals surface area contributed by atoms with E-state index in [-0.39, 0.29) is 36.5 Å².